The molecule has 2 aromatic rings. The smallest absolute Gasteiger partial charge is 0.237 e. The molecule has 5 heteroatoms. The first-order chi connectivity index (χ1) is 10.1. The lowest BCUT2D eigenvalue weighted by Crippen LogP contribution is -2.51. The Bertz CT molecular complexity index is 646. The van der Waals surface area contributed by atoms with Gasteiger partial charge in [-0.2, -0.15) is 0 Å². The minimum atomic E-state index is -0.712. The number of hydrogen-bond acceptors (Lipinski definition) is 3. The third-order valence-electron chi connectivity index (χ3n) is 4.33. The van der Waals surface area contributed by atoms with Crippen LogP contribution in [0.2, 0.25) is 0 Å². The molecule has 1 aliphatic carbocycles. The van der Waals surface area contributed by atoms with Crippen LogP contribution in [0, 0.1) is 0 Å². The van der Waals surface area contributed by atoms with E-state index in [2.05, 4.69) is 10.3 Å². The Morgan fingerprint density at radius 1 is 1.43 bits per heavy atom. The fraction of sp³-hybridized carbons (Fsp3) is 0.438. The molecule has 1 unspecified atom stereocenters. The summed E-state index contributed by atoms with van der Waals surface area (Å²) in [5.74, 6) is -0.208. The molecule has 1 aliphatic rings. The van der Waals surface area contributed by atoms with Crippen molar-refractivity contribution in [2.24, 2.45) is 5.73 Å². The van der Waals surface area contributed by atoms with Crippen molar-refractivity contribution in [3.63, 3.8) is 0 Å². The number of fused-ring (bicyclic) bond motifs is 1. The van der Waals surface area contributed by atoms with E-state index in [9.17, 15) is 9.90 Å². The minimum Gasteiger partial charge on any atom is -0.388 e. The van der Waals surface area contributed by atoms with Gasteiger partial charge in [-0.3, -0.25) is 4.79 Å². The summed E-state index contributed by atoms with van der Waals surface area (Å²) in [6.45, 7) is 0.299. The topological polar surface area (TPSA) is 91.1 Å². The van der Waals surface area contributed by atoms with Crippen molar-refractivity contribution in [3.8, 4) is 0 Å². The maximum atomic E-state index is 12.0. The SMILES string of the molecule is NC(Cc1c[nH]c2ccccc12)C(=O)NCC1(O)CCC1. The summed E-state index contributed by atoms with van der Waals surface area (Å²) >= 11 is 0. The first kappa shape index (κ1) is 14.1. The predicted octanol–water partition coefficient (Wildman–Crippen LogP) is 1.07. The van der Waals surface area contributed by atoms with Crippen molar-refractivity contribution < 1.29 is 9.90 Å². The average molecular weight is 287 g/mol. The van der Waals surface area contributed by atoms with Crippen LogP contribution in [0.5, 0.6) is 0 Å². The number of para-hydroxylation sites is 1. The molecule has 5 nitrogen and oxygen atoms in total. The van der Waals surface area contributed by atoms with Gasteiger partial charge in [0.15, 0.2) is 0 Å². The Labute approximate surface area is 123 Å². The first-order valence-electron chi connectivity index (χ1n) is 7.38. The Morgan fingerprint density at radius 3 is 2.90 bits per heavy atom. The van der Waals surface area contributed by atoms with Crippen LogP contribution in [0.15, 0.2) is 30.5 Å². The van der Waals surface area contributed by atoms with E-state index in [0.717, 1.165) is 35.7 Å². The van der Waals surface area contributed by atoms with Gasteiger partial charge in [-0.05, 0) is 37.3 Å². The molecule has 1 aromatic carbocycles. The summed E-state index contributed by atoms with van der Waals surface area (Å²) in [7, 11) is 0. The van der Waals surface area contributed by atoms with Gasteiger partial charge in [0.25, 0.3) is 0 Å². The molecule has 1 fully saturated rings. The lowest BCUT2D eigenvalue weighted by Gasteiger charge is -2.36. The van der Waals surface area contributed by atoms with E-state index in [4.69, 9.17) is 5.73 Å². The zero-order chi connectivity index (χ0) is 14.9. The number of carbonyl (C=O) groups excluding carboxylic acids is 1. The van der Waals surface area contributed by atoms with Crippen LogP contribution in [-0.4, -0.2) is 34.2 Å². The van der Waals surface area contributed by atoms with Crippen LogP contribution in [0.4, 0.5) is 0 Å². The maximum Gasteiger partial charge on any atom is 0.237 e. The normalized spacial score (nSPS) is 18.2. The second-order valence-corrected chi connectivity index (χ2v) is 5.97. The molecular formula is C16H21N3O2. The molecule has 0 bridgehead atoms. The summed E-state index contributed by atoms with van der Waals surface area (Å²) in [6, 6.07) is 7.35. The lowest BCUT2D eigenvalue weighted by molar-refractivity contribution is -0.124. The number of H-pyrrole nitrogens is 1. The van der Waals surface area contributed by atoms with Crippen molar-refractivity contribution in [1.82, 2.24) is 10.3 Å². The minimum absolute atomic E-state index is 0.208. The maximum absolute atomic E-state index is 12.0. The van der Waals surface area contributed by atoms with Crippen molar-refractivity contribution in [2.45, 2.75) is 37.3 Å². The van der Waals surface area contributed by atoms with Crippen LogP contribution >= 0.6 is 0 Å². The van der Waals surface area contributed by atoms with E-state index < -0.39 is 11.6 Å². The molecule has 1 saturated carbocycles. The van der Waals surface area contributed by atoms with E-state index in [1.165, 1.54) is 0 Å². The number of benzene rings is 1. The van der Waals surface area contributed by atoms with E-state index in [0.29, 0.717) is 13.0 Å². The molecule has 0 radical (unpaired) electrons. The fourth-order valence-corrected chi connectivity index (χ4v) is 2.77. The fourth-order valence-electron chi connectivity index (χ4n) is 2.77. The number of aromatic nitrogens is 1. The number of nitrogens with two attached hydrogens (primary N) is 1. The van der Waals surface area contributed by atoms with E-state index >= 15 is 0 Å². The Morgan fingerprint density at radius 2 is 2.19 bits per heavy atom. The van der Waals surface area contributed by atoms with Gasteiger partial charge in [0.2, 0.25) is 5.91 Å². The van der Waals surface area contributed by atoms with E-state index in [1.807, 2.05) is 30.5 Å². The number of aliphatic hydroxyl groups is 1. The number of carbonyl (C=O) groups is 1. The van der Waals surface area contributed by atoms with Gasteiger partial charge in [0.05, 0.1) is 11.6 Å². The van der Waals surface area contributed by atoms with Crippen LogP contribution in [0.1, 0.15) is 24.8 Å². The molecule has 0 saturated heterocycles. The molecule has 112 valence electrons. The van der Waals surface area contributed by atoms with Crippen molar-refractivity contribution >= 4 is 16.8 Å². The molecule has 1 amide bonds. The summed E-state index contributed by atoms with van der Waals surface area (Å²) in [4.78, 5) is 15.2. The highest BCUT2D eigenvalue weighted by atomic mass is 16.3. The van der Waals surface area contributed by atoms with Gasteiger partial charge in [-0.15, -0.1) is 0 Å². The van der Waals surface area contributed by atoms with E-state index in [-0.39, 0.29) is 5.91 Å². The molecule has 0 spiro atoms. The highest BCUT2D eigenvalue weighted by molar-refractivity contribution is 5.86. The van der Waals surface area contributed by atoms with Crippen molar-refractivity contribution in [2.75, 3.05) is 6.54 Å². The van der Waals surface area contributed by atoms with Crippen LogP contribution in [-0.2, 0) is 11.2 Å². The van der Waals surface area contributed by atoms with Gasteiger partial charge in [-0.25, -0.2) is 0 Å². The number of aromatic amines is 1. The average Bonchev–Trinajstić information content (AvgIpc) is 2.86. The third kappa shape index (κ3) is 2.94. The number of amides is 1. The predicted molar refractivity (Wildman–Crippen MR) is 81.8 cm³/mol. The number of rotatable bonds is 5. The Hall–Kier alpha value is -1.85. The highest BCUT2D eigenvalue weighted by Gasteiger charge is 2.34. The third-order valence-corrected chi connectivity index (χ3v) is 4.33. The monoisotopic (exact) mass is 287 g/mol. The summed E-state index contributed by atoms with van der Waals surface area (Å²) < 4.78 is 0. The molecular weight excluding hydrogens is 266 g/mol. The van der Waals surface area contributed by atoms with Gasteiger partial charge in [-0.1, -0.05) is 18.2 Å². The highest BCUT2D eigenvalue weighted by Crippen LogP contribution is 2.30. The van der Waals surface area contributed by atoms with Crippen molar-refractivity contribution in [3.05, 3.63) is 36.0 Å². The number of hydrogen-bond donors (Lipinski definition) is 4. The number of nitrogens with one attached hydrogen (secondary N) is 2. The molecule has 1 atom stereocenters. The van der Waals surface area contributed by atoms with Gasteiger partial charge >= 0.3 is 0 Å². The second kappa shape index (κ2) is 5.50. The first-order valence-corrected chi connectivity index (χ1v) is 7.38. The van der Waals surface area contributed by atoms with Gasteiger partial charge in [0.1, 0.15) is 0 Å². The van der Waals surface area contributed by atoms with Gasteiger partial charge in [0, 0.05) is 23.6 Å². The standard InChI is InChI=1S/C16H21N3O2/c17-13(15(20)19-10-16(21)6-3-7-16)8-11-9-18-14-5-2-1-4-12(11)14/h1-2,4-5,9,13,18,21H,3,6-8,10,17H2,(H,19,20). The lowest BCUT2D eigenvalue weighted by atomic mass is 9.80. The molecule has 3 rings (SSSR count). The van der Waals surface area contributed by atoms with Crippen LogP contribution in [0.25, 0.3) is 10.9 Å². The quantitative estimate of drug-likeness (QED) is 0.663. The van der Waals surface area contributed by atoms with Crippen molar-refractivity contribution in [1.29, 1.82) is 0 Å². The molecule has 5 N–H and O–H groups in total. The summed E-state index contributed by atoms with van der Waals surface area (Å²) in [5.41, 5.74) is 7.35. The zero-order valence-electron chi connectivity index (χ0n) is 11.9. The zero-order valence-corrected chi connectivity index (χ0v) is 11.9. The van der Waals surface area contributed by atoms with E-state index in [1.54, 1.807) is 0 Å². The second-order valence-electron chi connectivity index (χ2n) is 5.97. The largest absolute Gasteiger partial charge is 0.388 e. The molecule has 0 aliphatic heterocycles. The molecule has 1 heterocycles. The van der Waals surface area contributed by atoms with Crippen LogP contribution in [0.3, 0.4) is 0 Å². The Balaban J connectivity index is 1.60. The summed E-state index contributed by atoms with van der Waals surface area (Å²) in [6.07, 6.45) is 4.91. The van der Waals surface area contributed by atoms with Crippen LogP contribution < -0.4 is 11.1 Å². The summed E-state index contributed by atoms with van der Waals surface area (Å²) in [5, 5.41) is 13.8. The molecule has 21 heavy (non-hydrogen) atoms. The van der Waals surface area contributed by atoms with Gasteiger partial charge < -0.3 is 21.1 Å². The molecule has 1 aromatic heterocycles. The Kier molecular flexibility index (Phi) is 3.69.